The van der Waals surface area contributed by atoms with Gasteiger partial charge < -0.3 is 15.0 Å². The van der Waals surface area contributed by atoms with Crippen LogP contribution in [0.25, 0.3) is 0 Å². The lowest BCUT2D eigenvalue weighted by molar-refractivity contribution is -0.130. The Morgan fingerprint density at radius 3 is 3.16 bits per heavy atom. The van der Waals surface area contributed by atoms with E-state index in [1.807, 2.05) is 6.92 Å². The highest BCUT2D eigenvalue weighted by Crippen LogP contribution is 2.22. The number of hydrogen-bond acceptors (Lipinski definition) is 6. The Kier molecular flexibility index (Phi) is 4.43. The van der Waals surface area contributed by atoms with Gasteiger partial charge in [0.05, 0.1) is 18.6 Å². The van der Waals surface area contributed by atoms with Crippen LogP contribution in [0.15, 0.2) is 5.51 Å². The highest BCUT2D eigenvalue weighted by molar-refractivity contribution is 7.13. The largest absolute Gasteiger partial charge is 0.383 e. The molecule has 1 N–H and O–H groups in total. The van der Waals surface area contributed by atoms with Gasteiger partial charge in [-0.3, -0.25) is 9.59 Å². The Balaban J connectivity index is 1.93. The molecule has 1 aromatic rings. The van der Waals surface area contributed by atoms with Crippen molar-refractivity contribution in [2.24, 2.45) is 5.92 Å². The fraction of sp³-hybridized carbons (Fsp3) is 0.636. The molecule has 2 heterocycles. The van der Waals surface area contributed by atoms with E-state index in [-0.39, 0.29) is 30.2 Å². The number of ether oxygens (including phenoxy) is 1. The van der Waals surface area contributed by atoms with Crippen LogP contribution in [0.2, 0.25) is 0 Å². The quantitative estimate of drug-likeness (QED) is 0.844. The zero-order chi connectivity index (χ0) is 13.8. The molecule has 0 radical (unpaired) electrons. The summed E-state index contributed by atoms with van der Waals surface area (Å²) < 4.78 is 5.03. The lowest BCUT2D eigenvalue weighted by Crippen LogP contribution is -2.38. The van der Waals surface area contributed by atoms with Crippen LogP contribution >= 0.6 is 11.3 Å². The van der Waals surface area contributed by atoms with Crippen LogP contribution in [-0.4, -0.2) is 53.2 Å². The Morgan fingerprint density at radius 1 is 1.74 bits per heavy atom. The van der Waals surface area contributed by atoms with Crippen molar-refractivity contribution in [1.29, 1.82) is 0 Å². The van der Waals surface area contributed by atoms with Gasteiger partial charge in [-0.05, 0) is 6.92 Å². The smallest absolute Gasteiger partial charge is 0.231 e. The first kappa shape index (κ1) is 13.9. The number of hydrogen-bond donors (Lipinski definition) is 1. The molecule has 19 heavy (non-hydrogen) atoms. The molecule has 1 fully saturated rings. The van der Waals surface area contributed by atoms with Crippen LogP contribution in [-0.2, 0) is 14.3 Å². The number of carbonyl (C=O) groups is 2. The molecule has 1 aromatic heterocycles. The summed E-state index contributed by atoms with van der Waals surface area (Å²) in [5.74, 6) is -0.533. The third-order valence-electron chi connectivity index (χ3n) is 3.06. The highest BCUT2D eigenvalue weighted by atomic mass is 32.1. The molecule has 2 amide bonds. The lowest BCUT2D eigenvalue weighted by atomic mass is 10.1. The monoisotopic (exact) mass is 284 g/mol. The van der Waals surface area contributed by atoms with Crippen molar-refractivity contribution < 1.29 is 14.3 Å². The normalized spacial score (nSPS) is 20.6. The van der Waals surface area contributed by atoms with Crippen molar-refractivity contribution in [3.63, 3.8) is 0 Å². The molecular weight excluding hydrogens is 268 g/mol. The van der Waals surface area contributed by atoms with E-state index in [1.54, 1.807) is 17.5 Å². The summed E-state index contributed by atoms with van der Waals surface area (Å²) >= 11 is 1.25. The average molecular weight is 284 g/mol. The molecule has 0 bridgehead atoms. The van der Waals surface area contributed by atoms with E-state index >= 15 is 0 Å². The maximum atomic E-state index is 12.0. The van der Waals surface area contributed by atoms with Gasteiger partial charge in [0.25, 0.3) is 0 Å². The molecular formula is C11H16N4O3S. The van der Waals surface area contributed by atoms with Crippen LogP contribution < -0.4 is 5.32 Å². The summed E-state index contributed by atoms with van der Waals surface area (Å²) in [7, 11) is 1.59. The van der Waals surface area contributed by atoms with Gasteiger partial charge in [-0.2, -0.15) is 0 Å². The van der Waals surface area contributed by atoms with E-state index < -0.39 is 0 Å². The van der Waals surface area contributed by atoms with Crippen LogP contribution in [0.3, 0.4) is 0 Å². The number of carbonyl (C=O) groups excluding carboxylic acids is 2. The van der Waals surface area contributed by atoms with Crippen LogP contribution in [0, 0.1) is 5.92 Å². The van der Waals surface area contributed by atoms with E-state index in [0.29, 0.717) is 18.3 Å². The van der Waals surface area contributed by atoms with E-state index in [4.69, 9.17) is 4.74 Å². The summed E-state index contributed by atoms with van der Waals surface area (Å²) in [4.78, 5) is 25.6. The highest BCUT2D eigenvalue weighted by Gasteiger charge is 2.36. The molecule has 7 nitrogen and oxygen atoms in total. The molecule has 104 valence electrons. The number of anilines is 1. The number of amides is 2. The summed E-state index contributed by atoms with van der Waals surface area (Å²) in [6.07, 6.45) is 0.235. The van der Waals surface area contributed by atoms with Crippen molar-refractivity contribution in [2.45, 2.75) is 19.4 Å². The van der Waals surface area contributed by atoms with Gasteiger partial charge in [0.1, 0.15) is 5.51 Å². The standard InChI is InChI=1S/C11H16N4O3S/c1-7(5-18-2)15-4-8(3-9(15)16)10(17)13-11-14-12-6-19-11/h6-8H,3-5H2,1-2H3,(H,13,14,17)/t7-,8-/m0/s1. The van der Waals surface area contributed by atoms with Crippen LogP contribution in [0.1, 0.15) is 13.3 Å². The minimum Gasteiger partial charge on any atom is -0.383 e. The van der Waals surface area contributed by atoms with Gasteiger partial charge >= 0.3 is 0 Å². The molecule has 0 unspecified atom stereocenters. The van der Waals surface area contributed by atoms with Gasteiger partial charge in [-0.1, -0.05) is 11.3 Å². The maximum Gasteiger partial charge on any atom is 0.231 e. The first-order valence-corrected chi connectivity index (χ1v) is 6.85. The van der Waals surface area contributed by atoms with Gasteiger partial charge in [-0.25, -0.2) is 0 Å². The summed E-state index contributed by atoms with van der Waals surface area (Å²) in [5, 5.41) is 10.5. The fourth-order valence-corrected chi connectivity index (χ4v) is 2.55. The summed E-state index contributed by atoms with van der Waals surface area (Å²) in [5.41, 5.74) is 1.54. The second-order valence-corrected chi connectivity index (χ2v) is 5.32. The predicted molar refractivity (Wildman–Crippen MR) is 69.7 cm³/mol. The number of nitrogens with one attached hydrogen (secondary N) is 1. The molecule has 1 saturated heterocycles. The topological polar surface area (TPSA) is 84.4 Å². The molecule has 0 saturated carbocycles. The molecule has 1 aliphatic rings. The first-order valence-electron chi connectivity index (χ1n) is 5.97. The molecule has 2 rings (SSSR count). The van der Waals surface area contributed by atoms with E-state index in [1.165, 1.54) is 11.3 Å². The van der Waals surface area contributed by atoms with Crippen molar-refractivity contribution in [3.8, 4) is 0 Å². The Hall–Kier alpha value is -1.54. The summed E-state index contributed by atoms with van der Waals surface area (Å²) in [6, 6.07) is -0.0168. The average Bonchev–Trinajstić information content (AvgIpc) is 2.98. The molecule has 0 aliphatic carbocycles. The number of aromatic nitrogens is 2. The minimum atomic E-state index is -0.337. The fourth-order valence-electron chi connectivity index (χ4n) is 2.10. The lowest BCUT2D eigenvalue weighted by Gasteiger charge is -2.23. The van der Waals surface area contributed by atoms with E-state index in [2.05, 4.69) is 15.5 Å². The van der Waals surface area contributed by atoms with Crippen molar-refractivity contribution in [3.05, 3.63) is 5.51 Å². The van der Waals surface area contributed by atoms with Gasteiger partial charge in [-0.15, -0.1) is 10.2 Å². The second kappa shape index (κ2) is 6.07. The SMILES string of the molecule is COC[C@H](C)N1C[C@@H](C(=O)Nc2nncs2)CC1=O. The number of likely N-dealkylation sites (tertiary alicyclic amines) is 1. The zero-order valence-corrected chi connectivity index (χ0v) is 11.6. The molecule has 0 spiro atoms. The van der Waals surface area contributed by atoms with Crippen molar-refractivity contribution in [2.75, 3.05) is 25.6 Å². The van der Waals surface area contributed by atoms with Gasteiger partial charge in [0.2, 0.25) is 16.9 Å². The zero-order valence-electron chi connectivity index (χ0n) is 10.8. The summed E-state index contributed by atoms with van der Waals surface area (Å²) in [6.45, 7) is 2.80. The van der Waals surface area contributed by atoms with Crippen LogP contribution in [0.4, 0.5) is 5.13 Å². The number of rotatable bonds is 5. The molecule has 1 aliphatic heterocycles. The van der Waals surface area contributed by atoms with Gasteiger partial charge in [0, 0.05) is 20.1 Å². The molecule has 8 heteroatoms. The number of nitrogens with zero attached hydrogens (tertiary/aromatic N) is 3. The van der Waals surface area contributed by atoms with Gasteiger partial charge in [0.15, 0.2) is 0 Å². The predicted octanol–water partition coefficient (Wildman–Crippen LogP) is 0.360. The minimum absolute atomic E-state index is 0.0121. The Bertz CT molecular complexity index is 451. The Morgan fingerprint density at radius 2 is 2.53 bits per heavy atom. The molecule has 2 atom stereocenters. The third-order valence-corrected chi connectivity index (χ3v) is 3.67. The van der Waals surface area contributed by atoms with Crippen molar-refractivity contribution >= 4 is 28.3 Å². The maximum absolute atomic E-state index is 12.0. The Labute approximate surface area is 115 Å². The number of methoxy groups -OCH3 is 1. The van der Waals surface area contributed by atoms with Crippen molar-refractivity contribution in [1.82, 2.24) is 15.1 Å². The molecule has 0 aromatic carbocycles. The third kappa shape index (κ3) is 3.27. The van der Waals surface area contributed by atoms with Crippen LogP contribution in [0.5, 0.6) is 0 Å². The second-order valence-electron chi connectivity index (χ2n) is 4.48. The van der Waals surface area contributed by atoms with E-state index in [0.717, 1.165) is 0 Å². The first-order chi connectivity index (χ1) is 9.11. The van der Waals surface area contributed by atoms with E-state index in [9.17, 15) is 9.59 Å².